The average molecular weight is 353 g/mol. The minimum Gasteiger partial charge on any atom is -0.480 e. The van der Waals surface area contributed by atoms with Gasteiger partial charge in [-0.3, -0.25) is 4.79 Å². The molecule has 0 aliphatic carbocycles. The maximum absolute atomic E-state index is 12.7. The monoisotopic (exact) mass is 353 g/mol. The van der Waals surface area contributed by atoms with Gasteiger partial charge in [0.15, 0.2) is 0 Å². The summed E-state index contributed by atoms with van der Waals surface area (Å²) in [6.07, 6.45) is -8.54. The average Bonchev–Trinajstić information content (AvgIpc) is 2.46. The zero-order valence-corrected chi connectivity index (χ0v) is 12.6. The summed E-state index contributed by atoms with van der Waals surface area (Å²) < 4.78 is 62.9. The first kappa shape index (κ1) is 19.9. The van der Waals surface area contributed by atoms with Gasteiger partial charge >= 0.3 is 12.1 Å². The van der Waals surface area contributed by atoms with E-state index in [1.807, 2.05) is 5.32 Å². The molecule has 1 aromatic carbocycles. The third kappa shape index (κ3) is 5.47. The molecule has 0 saturated heterocycles. The molecular formula is C15H16F5NO3. The van der Waals surface area contributed by atoms with Crippen LogP contribution >= 0.6 is 0 Å². The summed E-state index contributed by atoms with van der Waals surface area (Å²) in [6, 6.07) is 2.24. The van der Waals surface area contributed by atoms with Gasteiger partial charge in [-0.15, -0.1) is 0 Å². The van der Waals surface area contributed by atoms with Crippen LogP contribution in [0.15, 0.2) is 24.3 Å². The summed E-state index contributed by atoms with van der Waals surface area (Å²) in [5, 5.41) is 10.8. The molecule has 4 nitrogen and oxygen atoms in total. The van der Waals surface area contributed by atoms with Crippen molar-refractivity contribution in [1.82, 2.24) is 5.32 Å². The number of alkyl halides is 5. The lowest BCUT2D eigenvalue weighted by molar-refractivity contribution is -0.143. The highest BCUT2D eigenvalue weighted by atomic mass is 19.4. The van der Waals surface area contributed by atoms with Gasteiger partial charge in [0.05, 0.1) is 11.5 Å². The number of rotatable bonds is 7. The number of carbonyl (C=O) groups is 2. The SMILES string of the molecule is CCC(C(=O)NC(CC(F)F)C(=O)O)c1cccc(C(F)(F)F)c1. The largest absolute Gasteiger partial charge is 0.480 e. The molecule has 1 rings (SSSR count). The first-order valence-electron chi connectivity index (χ1n) is 7.04. The number of hydrogen-bond donors (Lipinski definition) is 2. The van der Waals surface area contributed by atoms with E-state index < -0.39 is 48.4 Å². The number of aliphatic carboxylic acids is 1. The lowest BCUT2D eigenvalue weighted by Gasteiger charge is -2.20. The van der Waals surface area contributed by atoms with Gasteiger partial charge in [0.25, 0.3) is 0 Å². The Balaban J connectivity index is 3.00. The Bertz CT molecular complexity index is 589. The molecule has 0 aliphatic heterocycles. The highest BCUT2D eigenvalue weighted by molar-refractivity contribution is 5.88. The van der Waals surface area contributed by atoms with Gasteiger partial charge in [-0.05, 0) is 18.1 Å². The minimum atomic E-state index is -4.59. The van der Waals surface area contributed by atoms with E-state index in [1.165, 1.54) is 13.0 Å². The van der Waals surface area contributed by atoms with Crippen LogP contribution < -0.4 is 5.32 Å². The van der Waals surface area contributed by atoms with Crippen molar-refractivity contribution in [3.8, 4) is 0 Å². The van der Waals surface area contributed by atoms with Crippen molar-refractivity contribution in [3.05, 3.63) is 35.4 Å². The molecule has 1 aromatic rings. The van der Waals surface area contributed by atoms with Gasteiger partial charge in [-0.2, -0.15) is 13.2 Å². The second kappa shape index (κ2) is 8.07. The normalized spacial score (nSPS) is 14.3. The van der Waals surface area contributed by atoms with Gasteiger partial charge in [0.1, 0.15) is 6.04 Å². The molecule has 1 amide bonds. The summed E-state index contributed by atoms with van der Waals surface area (Å²) >= 11 is 0. The van der Waals surface area contributed by atoms with Crippen LogP contribution in [0.5, 0.6) is 0 Å². The summed E-state index contributed by atoms with van der Waals surface area (Å²) in [6.45, 7) is 1.52. The van der Waals surface area contributed by atoms with Crippen LogP contribution in [-0.2, 0) is 15.8 Å². The molecule has 0 spiro atoms. The van der Waals surface area contributed by atoms with Crippen molar-refractivity contribution in [3.63, 3.8) is 0 Å². The second-order valence-corrected chi connectivity index (χ2v) is 5.11. The highest BCUT2D eigenvalue weighted by Gasteiger charge is 2.32. The van der Waals surface area contributed by atoms with Crippen molar-refractivity contribution in [1.29, 1.82) is 0 Å². The zero-order chi connectivity index (χ0) is 18.5. The third-order valence-electron chi connectivity index (χ3n) is 3.37. The quantitative estimate of drug-likeness (QED) is 0.738. The number of halogens is 5. The van der Waals surface area contributed by atoms with Gasteiger partial charge < -0.3 is 10.4 Å². The molecular weight excluding hydrogens is 337 g/mol. The third-order valence-corrected chi connectivity index (χ3v) is 3.37. The van der Waals surface area contributed by atoms with Gasteiger partial charge in [-0.1, -0.05) is 25.1 Å². The second-order valence-electron chi connectivity index (χ2n) is 5.11. The summed E-state index contributed by atoms with van der Waals surface area (Å²) in [4.78, 5) is 23.0. The lowest BCUT2D eigenvalue weighted by Crippen LogP contribution is -2.44. The number of hydrogen-bond acceptors (Lipinski definition) is 2. The maximum Gasteiger partial charge on any atom is 0.416 e. The van der Waals surface area contributed by atoms with E-state index in [4.69, 9.17) is 5.11 Å². The molecule has 0 bridgehead atoms. The van der Waals surface area contributed by atoms with Gasteiger partial charge in [0, 0.05) is 6.42 Å². The Labute approximate surface area is 134 Å². The fourth-order valence-electron chi connectivity index (χ4n) is 2.18. The number of carboxylic acid groups (broad SMARTS) is 1. The smallest absolute Gasteiger partial charge is 0.416 e. The predicted octanol–water partition coefficient (Wildman–Crippen LogP) is 3.42. The fraction of sp³-hybridized carbons (Fsp3) is 0.467. The van der Waals surface area contributed by atoms with Gasteiger partial charge in [-0.25, -0.2) is 13.6 Å². The Hall–Kier alpha value is -2.19. The van der Waals surface area contributed by atoms with Crippen LogP contribution in [-0.4, -0.2) is 29.5 Å². The molecule has 0 radical (unpaired) electrons. The number of amides is 1. The van der Waals surface area contributed by atoms with E-state index >= 15 is 0 Å². The molecule has 134 valence electrons. The molecule has 0 saturated carbocycles. The fourth-order valence-corrected chi connectivity index (χ4v) is 2.18. The van der Waals surface area contributed by atoms with Crippen LogP contribution in [0.3, 0.4) is 0 Å². The first-order valence-corrected chi connectivity index (χ1v) is 7.04. The number of carbonyl (C=O) groups excluding carboxylic acids is 1. The first-order chi connectivity index (χ1) is 11.1. The Morgan fingerprint density at radius 1 is 1.25 bits per heavy atom. The van der Waals surface area contributed by atoms with Crippen LogP contribution in [0, 0.1) is 0 Å². The molecule has 9 heteroatoms. The Morgan fingerprint density at radius 2 is 1.88 bits per heavy atom. The summed E-state index contributed by atoms with van der Waals surface area (Å²) in [5.74, 6) is -3.63. The topological polar surface area (TPSA) is 66.4 Å². The van der Waals surface area contributed by atoms with E-state index in [-0.39, 0.29) is 12.0 Å². The zero-order valence-electron chi connectivity index (χ0n) is 12.6. The molecule has 0 aliphatic rings. The maximum atomic E-state index is 12.7. The van der Waals surface area contributed by atoms with Crippen molar-refractivity contribution in [2.75, 3.05) is 0 Å². The molecule has 2 unspecified atom stereocenters. The molecule has 0 heterocycles. The lowest BCUT2D eigenvalue weighted by atomic mass is 9.93. The van der Waals surface area contributed by atoms with E-state index in [9.17, 15) is 31.5 Å². The molecule has 24 heavy (non-hydrogen) atoms. The molecule has 2 atom stereocenters. The van der Waals surface area contributed by atoms with E-state index in [0.29, 0.717) is 0 Å². The minimum absolute atomic E-state index is 0.0333. The molecule has 2 N–H and O–H groups in total. The predicted molar refractivity (Wildman–Crippen MR) is 74.7 cm³/mol. The van der Waals surface area contributed by atoms with E-state index in [0.717, 1.165) is 18.2 Å². The summed E-state index contributed by atoms with van der Waals surface area (Å²) in [7, 11) is 0. The van der Waals surface area contributed by atoms with Crippen molar-refractivity contribution in [2.24, 2.45) is 0 Å². The van der Waals surface area contributed by atoms with Crippen molar-refractivity contribution >= 4 is 11.9 Å². The van der Waals surface area contributed by atoms with Gasteiger partial charge in [0.2, 0.25) is 12.3 Å². The van der Waals surface area contributed by atoms with Crippen LogP contribution in [0.1, 0.15) is 36.8 Å². The van der Waals surface area contributed by atoms with Crippen molar-refractivity contribution < 1.29 is 36.6 Å². The number of benzene rings is 1. The van der Waals surface area contributed by atoms with Crippen LogP contribution in [0.4, 0.5) is 22.0 Å². The number of carboxylic acids is 1. The molecule has 0 aromatic heterocycles. The van der Waals surface area contributed by atoms with E-state index in [2.05, 4.69) is 0 Å². The Morgan fingerprint density at radius 3 is 2.33 bits per heavy atom. The Kier molecular flexibility index (Phi) is 6.68. The summed E-state index contributed by atoms with van der Waals surface area (Å²) in [5.41, 5.74) is -0.917. The van der Waals surface area contributed by atoms with E-state index in [1.54, 1.807) is 0 Å². The highest BCUT2D eigenvalue weighted by Crippen LogP contribution is 2.32. The number of nitrogens with one attached hydrogen (secondary N) is 1. The van der Waals surface area contributed by atoms with Crippen LogP contribution in [0.25, 0.3) is 0 Å². The van der Waals surface area contributed by atoms with Crippen molar-refractivity contribution in [2.45, 2.75) is 44.3 Å². The molecule has 0 fully saturated rings. The van der Waals surface area contributed by atoms with Crippen LogP contribution in [0.2, 0.25) is 0 Å². The standard InChI is InChI=1S/C15H16F5NO3/c1-2-10(8-4-3-5-9(6-8)15(18,19)20)13(22)21-11(14(23)24)7-12(16)17/h3-6,10-12H,2,7H2,1H3,(H,21,22)(H,23,24).